The Balaban J connectivity index is 1.22. The van der Waals surface area contributed by atoms with Crippen LogP contribution in [0.5, 0.6) is 5.75 Å². The molecule has 2 aromatic carbocycles. The van der Waals surface area contributed by atoms with E-state index in [9.17, 15) is 18.4 Å². The minimum absolute atomic E-state index is 0.0362. The summed E-state index contributed by atoms with van der Waals surface area (Å²) in [4.78, 5) is 32.7. The molecular weight excluding hydrogens is 669 g/mol. The van der Waals surface area contributed by atoms with Gasteiger partial charge in [-0.2, -0.15) is 5.10 Å². The maximum absolute atomic E-state index is 14.0. The zero-order valence-corrected chi connectivity index (χ0v) is 31.5. The van der Waals surface area contributed by atoms with Gasteiger partial charge in [0, 0.05) is 24.1 Å². The van der Waals surface area contributed by atoms with E-state index in [0.717, 1.165) is 44.5 Å². The van der Waals surface area contributed by atoms with E-state index >= 15 is 0 Å². The Kier molecular flexibility index (Phi) is 8.45. The number of benzene rings is 2. The monoisotopic (exact) mass is 715 g/mol. The number of anilines is 1. The number of fused-ring (bicyclic) bond motifs is 2. The number of primary amides is 1. The SMILES string of the molecule is CC(C)Cc1nc2c(cnn2CC23CC(CO[Si](C)(C)C(C)(C)C)(C2)C3)c(-c2ccc3c(c2)OCC(=O)N3Cc2ccc(F)c(F)c2)c1C(N)=O. The number of amides is 2. The number of carbonyl (C=O) groups is 2. The van der Waals surface area contributed by atoms with Crippen LogP contribution in [0.4, 0.5) is 14.5 Å². The number of halogens is 2. The molecule has 12 heteroatoms. The van der Waals surface area contributed by atoms with Crippen molar-refractivity contribution in [2.45, 2.75) is 91.5 Å². The number of ether oxygens (including phenoxy) is 1. The van der Waals surface area contributed by atoms with Gasteiger partial charge < -0.3 is 19.8 Å². The number of nitrogens with zero attached hydrogens (tertiary/aromatic N) is 4. The molecule has 3 fully saturated rings. The van der Waals surface area contributed by atoms with Crippen LogP contribution in [0, 0.1) is 28.4 Å². The highest BCUT2D eigenvalue weighted by atomic mass is 28.4. The van der Waals surface area contributed by atoms with Gasteiger partial charge in [-0.1, -0.05) is 46.8 Å². The first kappa shape index (κ1) is 35.2. The Morgan fingerprint density at radius 2 is 1.80 bits per heavy atom. The highest BCUT2D eigenvalue weighted by Gasteiger charge is 2.68. The molecule has 8 rings (SSSR count). The number of nitrogens with two attached hydrogens (primary N) is 1. The quantitative estimate of drug-likeness (QED) is 0.159. The predicted molar refractivity (Wildman–Crippen MR) is 195 cm³/mol. The van der Waals surface area contributed by atoms with Gasteiger partial charge in [-0.15, -0.1) is 0 Å². The highest BCUT2D eigenvalue weighted by Crippen LogP contribution is 2.74. The van der Waals surface area contributed by atoms with Gasteiger partial charge in [0.05, 0.1) is 29.7 Å². The number of carbonyl (C=O) groups excluding carboxylic acids is 2. The second-order valence-electron chi connectivity index (χ2n) is 17.1. The lowest BCUT2D eigenvalue weighted by atomic mass is 9.35. The summed E-state index contributed by atoms with van der Waals surface area (Å²) in [6, 6.07) is 8.95. The maximum atomic E-state index is 14.0. The number of hydrogen-bond acceptors (Lipinski definition) is 6. The average molecular weight is 716 g/mol. The van der Waals surface area contributed by atoms with Gasteiger partial charge in [0.15, 0.2) is 32.2 Å². The molecular formula is C39H47F2N5O4Si. The molecule has 4 aromatic rings. The lowest BCUT2D eigenvalue weighted by Crippen LogP contribution is -2.66. The van der Waals surface area contributed by atoms with Crippen molar-refractivity contribution < 1.29 is 27.5 Å². The van der Waals surface area contributed by atoms with Crippen LogP contribution in [0.15, 0.2) is 42.6 Å². The van der Waals surface area contributed by atoms with Crippen molar-refractivity contribution in [3.05, 3.63) is 71.1 Å². The standard InChI is InChI=1S/C39H47F2N5O4Si/c1-23(2)12-29-34(35(42)48)33(25-9-11-30-31(14-25)49-17-32(47)45(30)16-24-8-10-27(40)28(41)13-24)26-15-43-46(36(26)44-29)21-38-18-39(19-38,20-38)22-50-51(6,7)37(3,4)5/h8-11,13-15,23H,12,16-22H2,1-7H3,(H2,42,48). The smallest absolute Gasteiger partial charge is 0.265 e. The van der Waals surface area contributed by atoms with Crippen molar-refractivity contribution in [3.63, 3.8) is 0 Å². The number of pyridine rings is 1. The summed E-state index contributed by atoms with van der Waals surface area (Å²) in [6.45, 7) is 16.9. The Morgan fingerprint density at radius 1 is 1.08 bits per heavy atom. The molecule has 2 amide bonds. The molecule has 4 aliphatic rings. The van der Waals surface area contributed by atoms with Gasteiger partial charge in [0.2, 0.25) is 0 Å². The van der Waals surface area contributed by atoms with Crippen molar-refractivity contribution in [3.8, 4) is 16.9 Å². The third-order valence-corrected chi connectivity index (χ3v) is 16.0. The molecule has 2 bridgehead atoms. The van der Waals surface area contributed by atoms with Gasteiger partial charge in [-0.3, -0.25) is 9.59 Å². The summed E-state index contributed by atoms with van der Waals surface area (Å²) in [5.74, 6) is -2.20. The van der Waals surface area contributed by atoms with Gasteiger partial charge in [0.1, 0.15) is 5.75 Å². The molecule has 3 saturated carbocycles. The summed E-state index contributed by atoms with van der Waals surface area (Å²) in [7, 11) is -1.83. The summed E-state index contributed by atoms with van der Waals surface area (Å²) >= 11 is 0. The van der Waals surface area contributed by atoms with Crippen LogP contribution in [0.3, 0.4) is 0 Å². The van der Waals surface area contributed by atoms with E-state index in [1.165, 1.54) is 11.0 Å². The van der Waals surface area contributed by atoms with E-state index in [1.807, 2.05) is 10.7 Å². The second-order valence-corrected chi connectivity index (χ2v) is 21.9. The molecule has 0 radical (unpaired) electrons. The van der Waals surface area contributed by atoms with Crippen LogP contribution in [-0.4, -0.2) is 48.1 Å². The Labute approximate surface area is 298 Å². The molecule has 270 valence electrons. The zero-order valence-electron chi connectivity index (χ0n) is 30.5. The van der Waals surface area contributed by atoms with Crippen molar-refractivity contribution >= 4 is 36.9 Å². The molecule has 0 saturated heterocycles. The zero-order chi connectivity index (χ0) is 36.7. The Hall–Kier alpha value is -4.16. The Morgan fingerprint density at radius 3 is 2.45 bits per heavy atom. The van der Waals surface area contributed by atoms with E-state index in [1.54, 1.807) is 18.3 Å². The fourth-order valence-corrected chi connectivity index (χ4v) is 9.22. The normalized spacial score (nSPS) is 21.4. The molecule has 0 unspecified atom stereocenters. The fourth-order valence-electron chi connectivity index (χ4n) is 8.12. The number of hydrogen-bond donors (Lipinski definition) is 1. The van der Waals surface area contributed by atoms with Crippen LogP contribution in [0.1, 0.15) is 75.5 Å². The first-order valence-corrected chi connectivity index (χ1v) is 20.6. The van der Waals surface area contributed by atoms with Crippen molar-refractivity contribution in [1.29, 1.82) is 0 Å². The van der Waals surface area contributed by atoms with Crippen LogP contribution in [0.25, 0.3) is 22.2 Å². The van der Waals surface area contributed by atoms with E-state index in [2.05, 4.69) is 47.7 Å². The molecule has 9 nitrogen and oxygen atoms in total. The van der Waals surface area contributed by atoms with Crippen LogP contribution in [0.2, 0.25) is 18.1 Å². The molecule has 1 aliphatic heterocycles. The first-order chi connectivity index (χ1) is 23.9. The number of rotatable bonds is 11. The van der Waals surface area contributed by atoms with Crippen molar-refractivity contribution in [2.75, 3.05) is 18.1 Å². The second kappa shape index (κ2) is 12.2. The molecule has 2 N–H and O–H groups in total. The van der Waals surface area contributed by atoms with Crippen LogP contribution < -0.4 is 15.4 Å². The molecule has 2 aromatic heterocycles. The highest BCUT2D eigenvalue weighted by molar-refractivity contribution is 6.74. The maximum Gasteiger partial charge on any atom is 0.265 e. The van der Waals surface area contributed by atoms with E-state index in [0.29, 0.717) is 56.8 Å². The first-order valence-electron chi connectivity index (χ1n) is 17.7. The van der Waals surface area contributed by atoms with Crippen molar-refractivity contribution in [1.82, 2.24) is 14.8 Å². The van der Waals surface area contributed by atoms with Gasteiger partial charge >= 0.3 is 0 Å². The lowest BCUT2D eigenvalue weighted by molar-refractivity contribution is -0.228. The number of aromatic nitrogens is 3. The lowest BCUT2D eigenvalue weighted by Gasteiger charge is -2.71. The topological polar surface area (TPSA) is 113 Å². The summed E-state index contributed by atoms with van der Waals surface area (Å²) in [5.41, 5.74) is 10.4. The third kappa shape index (κ3) is 6.24. The van der Waals surface area contributed by atoms with E-state index in [4.69, 9.17) is 25.0 Å². The molecule has 0 spiro atoms. The average Bonchev–Trinajstić information content (AvgIpc) is 3.40. The van der Waals surface area contributed by atoms with Crippen LogP contribution in [-0.2, 0) is 28.7 Å². The van der Waals surface area contributed by atoms with Crippen LogP contribution >= 0.6 is 0 Å². The van der Waals surface area contributed by atoms with Gasteiger partial charge in [-0.05, 0) is 96.0 Å². The third-order valence-electron chi connectivity index (χ3n) is 11.5. The van der Waals surface area contributed by atoms with E-state index in [-0.39, 0.29) is 40.8 Å². The predicted octanol–water partition coefficient (Wildman–Crippen LogP) is 7.79. The molecule has 3 aliphatic carbocycles. The van der Waals surface area contributed by atoms with Crippen molar-refractivity contribution in [2.24, 2.45) is 22.5 Å². The molecule has 3 heterocycles. The minimum Gasteiger partial charge on any atom is -0.482 e. The molecule has 0 atom stereocenters. The summed E-state index contributed by atoms with van der Waals surface area (Å²) in [6.07, 6.45) is 5.61. The summed E-state index contributed by atoms with van der Waals surface area (Å²) in [5, 5.41) is 5.73. The summed E-state index contributed by atoms with van der Waals surface area (Å²) < 4.78 is 42.1. The van der Waals surface area contributed by atoms with Gasteiger partial charge in [0.25, 0.3) is 11.8 Å². The van der Waals surface area contributed by atoms with Gasteiger partial charge in [-0.25, -0.2) is 18.4 Å². The molecule has 51 heavy (non-hydrogen) atoms. The van der Waals surface area contributed by atoms with E-state index < -0.39 is 25.9 Å². The fraction of sp³-hybridized carbons (Fsp3) is 0.487. The largest absolute Gasteiger partial charge is 0.482 e. The Bertz CT molecular complexity index is 2050. The minimum atomic E-state index is -1.83.